The quantitative estimate of drug-likeness (QED) is 0.796. The van der Waals surface area contributed by atoms with Crippen molar-refractivity contribution in [3.63, 3.8) is 0 Å². The van der Waals surface area contributed by atoms with E-state index in [4.69, 9.17) is 17.3 Å². The lowest BCUT2D eigenvalue weighted by Gasteiger charge is -2.29. The molecular formula is C15H20ClN3O4S. The van der Waals surface area contributed by atoms with Crippen LogP contribution in [-0.4, -0.2) is 51.0 Å². The Labute approximate surface area is 146 Å². The molecule has 0 aliphatic carbocycles. The van der Waals surface area contributed by atoms with Gasteiger partial charge in [0, 0.05) is 12.2 Å². The zero-order valence-corrected chi connectivity index (χ0v) is 14.9. The molecule has 0 bridgehead atoms. The molecule has 0 atom stereocenters. The lowest BCUT2D eigenvalue weighted by molar-refractivity contribution is -0.123. The molecule has 24 heavy (non-hydrogen) atoms. The molecule has 0 saturated carbocycles. The van der Waals surface area contributed by atoms with Crippen LogP contribution in [0.2, 0.25) is 5.02 Å². The molecule has 1 heterocycles. The second-order valence-electron chi connectivity index (χ2n) is 5.91. The third-order valence-electron chi connectivity index (χ3n) is 4.00. The minimum absolute atomic E-state index is 0.0875. The first kappa shape index (κ1) is 18.7. The monoisotopic (exact) mass is 373 g/mol. The predicted molar refractivity (Wildman–Crippen MR) is 91.5 cm³/mol. The van der Waals surface area contributed by atoms with Crippen molar-refractivity contribution in [1.29, 1.82) is 0 Å². The number of nitrogens with one attached hydrogen (secondary N) is 1. The van der Waals surface area contributed by atoms with Crippen molar-refractivity contribution in [3.8, 4) is 0 Å². The maximum Gasteiger partial charge on any atom is 0.238 e. The van der Waals surface area contributed by atoms with E-state index in [1.165, 1.54) is 18.2 Å². The second-order valence-corrected chi connectivity index (χ2v) is 8.34. The van der Waals surface area contributed by atoms with Crippen molar-refractivity contribution in [2.75, 3.05) is 31.2 Å². The number of benzene rings is 1. The summed E-state index contributed by atoms with van der Waals surface area (Å²) in [5, 5.41) is 2.90. The topological polar surface area (TPSA) is 110 Å². The molecule has 7 nitrogen and oxygen atoms in total. The summed E-state index contributed by atoms with van der Waals surface area (Å²) in [5.41, 5.74) is 5.54. The van der Waals surface area contributed by atoms with Gasteiger partial charge in [0.25, 0.3) is 0 Å². The van der Waals surface area contributed by atoms with Crippen LogP contribution < -0.4 is 11.1 Å². The highest BCUT2D eigenvalue weighted by atomic mass is 35.5. The highest BCUT2D eigenvalue weighted by Crippen LogP contribution is 2.25. The van der Waals surface area contributed by atoms with Gasteiger partial charge in [-0.05, 0) is 44.1 Å². The Morgan fingerprint density at radius 2 is 1.96 bits per heavy atom. The van der Waals surface area contributed by atoms with Gasteiger partial charge in [0.15, 0.2) is 9.84 Å². The number of anilines is 1. The van der Waals surface area contributed by atoms with Crippen molar-refractivity contribution in [1.82, 2.24) is 4.90 Å². The number of amides is 2. The number of hydrogen-bond donors (Lipinski definition) is 2. The molecule has 0 radical (unpaired) electrons. The number of sulfone groups is 1. The van der Waals surface area contributed by atoms with E-state index in [9.17, 15) is 18.0 Å². The number of nitrogens with two attached hydrogens (primary N) is 1. The maximum absolute atomic E-state index is 12.2. The Kier molecular flexibility index (Phi) is 5.84. The molecule has 1 aromatic carbocycles. The summed E-state index contributed by atoms with van der Waals surface area (Å²) in [6.07, 6.45) is 2.35. The number of primary amides is 1. The SMILES string of the molecule is CS(=O)(=O)c1ccc(Cl)c(NC(=O)CN2CCC(C(N)=O)CC2)c1. The van der Waals surface area contributed by atoms with Gasteiger partial charge in [0.2, 0.25) is 11.8 Å². The predicted octanol–water partition coefficient (Wildman–Crippen LogP) is 0.879. The number of hydrogen-bond acceptors (Lipinski definition) is 5. The Morgan fingerprint density at radius 1 is 1.33 bits per heavy atom. The molecule has 2 amide bonds. The van der Waals surface area contributed by atoms with Gasteiger partial charge in [-0.25, -0.2) is 8.42 Å². The second kappa shape index (κ2) is 7.50. The van der Waals surface area contributed by atoms with Crippen LogP contribution in [0.5, 0.6) is 0 Å². The first-order valence-electron chi connectivity index (χ1n) is 7.48. The standard InChI is InChI=1S/C15H20ClN3O4S/c1-24(22,23)11-2-3-12(16)13(8-11)18-14(20)9-19-6-4-10(5-7-19)15(17)21/h2-3,8,10H,4-7,9H2,1H3,(H2,17,21)(H,18,20). The van der Waals surface area contributed by atoms with Crippen LogP contribution in [-0.2, 0) is 19.4 Å². The van der Waals surface area contributed by atoms with Crippen LogP contribution in [0.25, 0.3) is 0 Å². The van der Waals surface area contributed by atoms with E-state index >= 15 is 0 Å². The molecule has 3 N–H and O–H groups in total. The minimum atomic E-state index is -3.38. The Hall–Kier alpha value is -1.64. The van der Waals surface area contributed by atoms with E-state index in [1.54, 1.807) is 0 Å². The lowest BCUT2D eigenvalue weighted by Crippen LogP contribution is -2.42. The molecule has 1 aliphatic rings. The number of piperidine rings is 1. The molecule has 0 spiro atoms. The van der Waals surface area contributed by atoms with Crippen LogP contribution in [0.3, 0.4) is 0 Å². The van der Waals surface area contributed by atoms with Crippen LogP contribution in [0.4, 0.5) is 5.69 Å². The lowest BCUT2D eigenvalue weighted by atomic mass is 9.96. The molecule has 9 heteroatoms. The van der Waals surface area contributed by atoms with E-state index in [0.29, 0.717) is 25.9 Å². The summed E-state index contributed by atoms with van der Waals surface area (Å²) in [4.78, 5) is 25.3. The zero-order valence-electron chi connectivity index (χ0n) is 13.3. The Morgan fingerprint density at radius 3 is 2.50 bits per heavy atom. The number of nitrogens with zero attached hydrogens (tertiary/aromatic N) is 1. The van der Waals surface area contributed by atoms with E-state index in [2.05, 4.69) is 5.32 Å². The van der Waals surface area contributed by atoms with Gasteiger partial charge < -0.3 is 11.1 Å². The van der Waals surface area contributed by atoms with Gasteiger partial charge in [-0.1, -0.05) is 11.6 Å². The third kappa shape index (κ3) is 4.93. The van der Waals surface area contributed by atoms with Crippen molar-refractivity contribution in [2.24, 2.45) is 11.7 Å². The first-order chi connectivity index (χ1) is 11.2. The summed E-state index contributed by atoms with van der Waals surface area (Å²) < 4.78 is 23.2. The molecule has 132 valence electrons. The van der Waals surface area contributed by atoms with Gasteiger partial charge in [-0.3, -0.25) is 14.5 Å². The van der Waals surface area contributed by atoms with Crippen LogP contribution in [0, 0.1) is 5.92 Å². The molecule has 2 rings (SSSR count). The summed E-state index contributed by atoms with van der Waals surface area (Å²) in [5.74, 6) is -0.728. The average molecular weight is 374 g/mol. The van der Waals surface area contributed by atoms with Gasteiger partial charge in [-0.15, -0.1) is 0 Å². The number of carbonyl (C=O) groups is 2. The van der Waals surface area contributed by atoms with E-state index in [1.807, 2.05) is 4.90 Å². The maximum atomic E-state index is 12.2. The van der Waals surface area contributed by atoms with Gasteiger partial charge in [-0.2, -0.15) is 0 Å². The molecule has 0 unspecified atom stereocenters. The van der Waals surface area contributed by atoms with Crippen molar-refractivity contribution in [2.45, 2.75) is 17.7 Å². The summed E-state index contributed by atoms with van der Waals surface area (Å²) in [6, 6.07) is 4.17. The average Bonchev–Trinajstić information content (AvgIpc) is 2.48. The molecule has 1 fully saturated rings. The number of rotatable bonds is 5. The fourth-order valence-electron chi connectivity index (χ4n) is 2.60. The zero-order chi connectivity index (χ0) is 17.9. The van der Waals surface area contributed by atoms with Gasteiger partial charge in [0.1, 0.15) is 0 Å². The minimum Gasteiger partial charge on any atom is -0.369 e. The Balaban J connectivity index is 1.97. The first-order valence-corrected chi connectivity index (χ1v) is 9.75. The van der Waals surface area contributed by atoms with E-state index in [0.717, 1.165) is 6.26 Å². The molecule has 1 aliphatic heterocycles. The Bertz CT molecular complexity index is 743. The fraction of sp³-hybridized carbons (Fsp3) is 0.467. The van der Waals surface area contributed by atoms with Crippen molar-refractivity contribution in [3.05, 3.63) is 23.2 Å². The number of halogens is 1. The third-order valence-corrected chi connectivity index (χ3v) is 5.44. The smallest absolute Gasteiger partial charge is 0.238 e. The van der Waals surface area contributed by atoms with Crippen LogP contribution >= 0.6 is 11.6 Å². The van der Waals surface area contributed by atoms with Crippen LogP contribution in [0.15, 0.2) is 23.1 Å². The fourth-order valence-corrected chi connectivity index (χ4v) is 3.41. The van der Waals surface area contributed by atoms with Gasteiger partial charge >= 0.3 is 0 Å². The molecular weight excluding hydrogens is 354 g/mol. The van der Waals surface area contributed by atoms with Crippen LogP contribution in [0.1, 0.15) is 12.8 Å². The van der Waals surface area contributed by atoms with Crippen molar-refractivity contribution < 1.29 is 18.0 Å². The summed E-state index contributed by atoms with van der Waals surface area (Å²) >= 11 is 6.01. The number of likely N-dealkylation sites (tertiary alicyclic amines) is 1. The largest absolute Gasteiger partial charge is 0.369 e. The number of carbonyl (C=O) groups excluding carboxylic acids is 2. The molecule has 1 saturated heterocycles. The van der Waals surface area contributed by atoms with Gasteiger partial charge in [0.05, 0.1) is 22.2 Å². The van der Waals surface area contributed by atoms with Crippen molar-refractivity contribution >= 4 is 38.9 Å². The highest BCUT2D eigenvalue weighted by molar-refractivity contribution is 7.90. The van der Waals surface area contributed by atoms with E-state index in [-0.39, 0.29) is 39.9 Å². The highest BCUT2D eigenvalue weighted by Gasteiger charge is 2.24. The molecule has 1 aromatic rings. The summed E-state index contributed by atoms with van der Waals surface area (Å²) in [7, 11) is -3.38. The summed E-state index contributed by atoms with van der Waals surface area (Å²) in [6.45, 7) is 1.36. The molecule has 0 aromatic heterocycles. The normalized spacial score (nSPS) is 16.8. The van der Waals surface area contributed by atoms with E-state index < -0.39 is 9.84 Å².